The van der Waals surface area contributed by atoms with Crippen LogP contribution < -0.4 is 5.32 Å². The molecule has 13 heavy (non-hydrogen) atoms. The smallest absolute Gasteiger partial charge is 0.168 e. The van der Waals surface area contributed by atoms with E-state index < -0.39 is 0 Å². The molecule has 74 valence electrons. The molecule has 0 bridgehead atoms. The van der Waals surface area contributed by atoms with Crippen LogP contribution in [0.25, 0.3) is 0 Å². The first-order valence-electron chi connectivity index (χ1n) is 4.51. The highest BCUT2D eigenvalue weighted by Crippen LogP contribution is 2.00. The van der Waals surface area contributed by atoms with Gasteiger partial charge in [0.25, 0.3) is 0 Å². The Labute approximate surface area is 85.7 Å². The Morgan fingerprint density at radius 3 is 2.77 bits per heavy atom. The molecule has 0 radical (unpaired) electrons. The SMILES string of the molecule is CCCNC(=S)N(C)C(C)CC#N. The third kappa shape index (κ3) is 4.69. The lowest BCUT2D eigenvalue weighted by molar-refractivity contribution is 0.389. The molecule has 0 aliphatic rings. The van der Waals surface area contributed by atoms with Crippen LogP contribution in [0.3, 0.4) is 0 Å². The van der Waals surface area contributed by atoms with Gasteiger partial charge in [-0.2, -0.15) is 5.26 Å². The van der Waals surface area contributed by atoms with E-state index >= 15 is 0 Å². The summed E-state index contributed by atoms with van der Waals surface area (Å²) in [6, 6.07) is 2.31. The van der Waals surface area contributed by atoms with Crippen LogP contribution >= 0.6 is 12.2 Å². The summed E-state index contributed by atoms with van der Waals surface area (Å²) in [4.78, 5) is 1.92. The minimum absolute atomic E-state index is 0.182. The van der Waals surface area contributed by atoms with Crippen molar-refractivity contribution < 1.29 is 0 Å². The Morgan fingerprint density at radius 2 is 2.31 bits per heavy atom. The van der Waals surface area contributed by atoms with Gasteiger partial charge in [0.15, 0.2) is 5.11 Å². The van der Waals surface area contributed by atoms with Gasteiger partial charge in [-0.1, -0.05) is 6.92 Å². The van der Waals surface area contributed by atoms with Gasteiger partial charge in [-0.05, 0) is 25.6 Å². The monoisotopic (exact) mass is 199 g/mol. The first kappa shape index (κ1) is 12.2. The summed E-state index contributed by atoms with van der Waals surface area (Å²) in [5, 5.41) is 12.3. The molecule has 0 heterocycles. The van der Waals surface area contributed by atoms with Gasteiger partial charge in [0.05, 0.1) is 12.5 Å². The van der Waals surface area contributed by atoms with E-state index in [4.69, 9.17) is 17.5 Å². The van der Waals surface area contributed by atoms with Crippen LogP contribution in [0.1, 0.15) is 26.7 Å². The van der Waals surface area contributed by atoms with Gasteiger partial charge in [-0.25, -0.2) is 0 Å². The molecule has 0 amide bonds. The predicted molar refractivity (Wildman–Crippen MR) is 58.3 cm³/mol. The predicted octanol–water partition coefficient (Wildman–Crippen LogP) is 1.50. The van der Waals surface area contributed by atoms with Gasteiger partial charge >= 0.3 is 0 Å². The molecular formula is C9H17N3S. The van der Waals surface area contributed by atoms with E-state index in [2.05, 4.69) is 18.3 Å². The molecule has 0 rings (SSSR count). The minimum atomic E-state index is 0.182. The molecule has 1 unspecified atom stereocenters. The van der Waals surface area contributed by atoms with Crippen LogP contribution in [0.4, 0.5) is 0 Å². The van der Waals surface area contributed by atoms with Crippen molar-refractivity contribution in [1.82, 2.24) is 10.2 Å². The standard InChI is InChI=1S/C9H17N3S/c1-4-7-11-9(13)12(3)8(2)5-6-10/h8H,4-5,7H2,1-3H3,(H,11,13). The summed E-state index contributed by atoms with van der Waals surface area (Å²) in [6.45, 7) is 4.97. The van der Waals surface area contributed by atoms with E-state index in [1.807, 2.05) is 18.9 Å². The zero-order valence-corrected chi connectivity index (χ0v) is 9.32. The molecule has 1 atom stereocenters. The maximum Gasteiger partial charge on any atom is 0.168 e. The molecule has 3 nitrogen and oxygen atoms in total. The number of rotatable bonds is 4. The van der Waals surface area contributed by atoms with Gasteiger partial charge < -0.3 is 10.2 Å². The molecule has 0 spiro atoms. The van der Waals surface area contributed by atoms with Gasteiger partial charge in [0, 0.05) is 19.6 Å². The van der Waals surface area contributed by atoms with Crippen molar-refractivity contribution in [2.75, 3.05) is 13.6 Å². The van der Waals surface area contributed by atoms with E-state index in [0.717, 1.165) is 18.1 Å². The van der Waals surface area contributed by atoms with Gasteiger partial charge in [-0.3, -0.25) is 0 Å². The summed E-state index contributed by atoms with van der Waals surface area (Å²) in [5.74, 6) is 0. The third-order valence-electron chi connectivity index (χ3n) is 1.89. The molecular weight excluding hydrogens is 182 g/mol. The van der Waals surface area contributed by atoms with Crippen LogP contribution in [0.15, 0.2) is 0 Å². The quantitative estimate of drug-likeness (QED) is 0.697. The molecule has 4 heteroatoms. The summed E-state index contributed by atoms with van der Waals surface area (Å²) in [6.07, 6.45) is 1.56. The molecule has 1 N–H and O–H groups in total. The van der Waals surface area contributed by atoms with E-state index in [1.54, 1.807) is 0 Å². The Morgan fingerprint density at radius 1 is 1.69 bits per heavy atom. The second kappa shape index (κ2) is 6.67. The first-order chi connectivity index (χ1) is 6.13. The number of hydrogen-bond donors (Lipinski definition) is 1. The van der Waals surface area contributed by atoms with Crippen LogP contribution in [0.2, 0.25) is 0 Å². The van der Waals surface area contributed by atoms with Crippen LogP contribution in [-0.2, 0) is 0 Å². The fraction of sp³-hybridized carbons (Fsp3) is 0.778. The summed E-state index contributed by atoms with van der Waals surface area (Å²) in [5.41, 5.74) is 0. The molecule has 0 aromatic heterocycles. The third-order valence-corrected chi connectivity index (χ3v) is 2.33. The van der Waals surface area contributed by atoms with E-state index in [-0.39, 0.29) is 6.04 Å². The number of hydrogen-bond acceptors (Lipinski definition) is 2. The molecule has 0 saturated heterocycles. The van der Waals surface area contributed by atoms with Crippen molar-refractivity contribution in [3.05, 3.63) is 0 Å². The molecule has 0 aliphatic heterocycles. The van der Waals surface area contributed by atoms with E-state index in [0.29, 0.717) is 6.42 Å². The minimum Gasteiger partial charge on any atom is -0.363 e. The average Bonchev–Trinajstić information content (AvgIpc) is 2.13. The first-order valence-corrected chi connectivity index (χ1v) is 4.91. The van der Waals surface area contributed by atoms with Gasteiger partial charge in [0.2, 0.25) is 0 Å². The van der Waals surface area contributed by atoms with E-state index in [1.165, 1.54) is 0 Å². The van der Waals surface area contributed by atoms with E-state index in [9.17, 15) is 0 Å². The lowest BCUT2D eigenvalue weighted by Crippen LogP contribution is -2.42. The lowest BCUT2D eigenvalue weighted by atomic mass is 10.2. The maximum atomic E-state index is 8.50. The number of thiocarbonyl (C=S) groups is 1. The fourth-order valence-electron chi connectivity index (χ4n) is 0.826. The second-order valence-corrected chi connectivity index (χ2v) is 3.44. The Kier molecular flexibility index (Phi) is 6.25. The number of nitrogens with zero attached hydrogens (tertiary/aromatic N) is 2. The summed E-state index contributed by atoms with van der Waals surface area (Å²) < 4.78 is 0. The van der Waals surface area contributed by atoms with Crippen molar-refractivity contribution in [3.8, 4) is 6.07 Å². The number of nitriles is 1. The zero-order valence-electron chi connectivity index (χ0n) is 8.50. The largest absolute Gasteiger partial charge is 0.363 e. The fourth-order valence-corrected chi connectivity index (χ4v) is 1.11. The van der Waals surface area contributed by atoms with Crippen molar-refractivity contribution in [1.29, 1.82) is 5.26 Å². The molecule has 0 aromatic rings. The zero-order chi connectivity index (χ0) is 10.3. The van der Waals surface area contributed by atoms with Gasteiger partial charge in [-0.15, -0.1) is 0 Å². The topological polar surface area (TPSA) is 39.1 Å². The average molecular weight is 199 g/mol. The van der Waals surface area contributed by atoms with Gasteiger partial charge in [0.1, 0.15) is 0 Å². The summed E-state index contributed by atoms with van der Waals surface area (Å²) >= 11 is 5.14. The highest BCUT2D eigenvalue weighted by molar-refractivity contribution is 7.80. The Bertz CT molecular complexity index is 198. The summed E-state index contributed by atoms with van der Waals surface area (Å²) in [7, 11) is 1.91. The molecule has 0 aliphatic carbocycles. The van der Waals surface area contributed by atoms with Crippen molar-refractivity contribution >= 4 is 17.3 Å². The van der Waals surface area contributed by atoms with Crippen LogP contribution in [0, 0.1) is 11.3 Å². The van der Waals surface area contributed by atoms with Crippen molar-refractivity contribution in [2.45, 2.75) is 32.7 Å². The highest BCUT2D eigenvalue weighted by atomic mass is 32.1. The van der Waals surface area contributed by atoms with Crippen LogP contribution in [0.5, 0.6) is 0 Å². The number of nitrogens with one attached hydrogen (secondary N) is 1. The molecule has 0 saturated carbocycles. The van der Waals surface area contributed by atoms with Crippen molar-refractivity contribution in [2.24, 2.45) is 0 Å². The molecule has 0 fully saturated rings. The Hall–Kier alpha value is -0.820. The van der Waals surface area contributed by atoms with Crippen molar-refractivity contribution in [3.63, 3.8) is 0 Å². The normalized spacial score (nSPS) is 11.5. The maximum absolute atomic E-state index is 8.50. The Balaban J connectivity index is 3.88. The lowest BCUT2D eigenvalue weighted by Gasteiger charge is -2.25. The highest BCUT2D eigenvalue weighted by Gasteiger charge is 2.10. The molecule has 0 aromatic carbocycles. The van der Waals surface area contributed by atoms with Crippen LogP contribution in [-0.4, -0.2) is 29.6 Å². The second-order valence-electron chi connectivity index (χ2n) is 3.05.